The topological polar surface area (TPSA) is 157 Å². The number of carboxylic acid groups (broad SMARTS) is 1. The van der Waals surface area contributed by atoms with Crippen LogP contribution in [0.3, 0.4) is 0 Å². The second-order valence-corrected chi connectivity index (χ2v) is 6.88. The third-order valence-corrected chi connectivity index (χ3v) is 5.75. The van der Waals surface area contributed by atoms with Crippen molar-refractivity contribution in [3.63, 3.8) is 0 Å². The molecule has 0 aromatic heterocycles. The summed E-state index contributed by atoms with van der Waals surface area (Å²) in [7, 11) is 0. The second-order valence-electron chi connectivity index (χ2n) is 5.78. The number of nitrogens with zero attached hydrogens (tertiary/aromatic N) is 2. The number of aliphatic carboxylic acids is 1. The van der Waals surface area contributed by atoms with E-state index in [9.17, 15) is 30.0 Å². The molecule has 134 valence electrons. The zero-order valence-electron chi connectivity index (χ0n) is 13.1. The van der Waals surface area contributed by atoms with Crippen LogP contribution in [0.15, 0.2) is 15.6 Å². The Bertz CT molecular complexity index is 587. The number of fused-ring (bicyclic) bond motifs is 1. The van der Waals surface area contributed by atoms with Crippen LogP contribution in [0.25, 0.3) is 0 Å². The van der Waals surface area contributed by atoms with Gasteiger partial charge in [-0.1, -0.05) is 0 Å². The van der Waals surface area contributed by atoms with E-state index >= 15 is 0 Å². The molecule has 1 amide bonds. The fourth-order valence-electron chi connectivity index (χ4n) is 3.37. The third kappa shape index (κ3) is 2.59. The van der Waals surface area contributed by atoms with Crippen LogP contribution in [-0.4, -0.2) is 81.2 Å². The van der Waals surface area contributed by atoms with Crippen molar-refractivity contribution in [3.8, 4) is 0 Å². The quantitative estimate of drug-likeness (QED) is 0.147. The Balaban J connectivity index is 2.45. The highest BCUT2D eigenvalue weighted by Crippen LogP contribution is 2.57. The summed E-state index contributed by atoms with van der Waals surface area (Å²) >= 11 is 1.11. The molecule has 2 heterocycles. The summed E-state index contributed by atoms with van der Waals surface area (Å²) in [5, 5.41) is 39.2. The molecular weight excluding hydrogens is 338 g/mol. The minimum absolute atomic E-state index is 0.230. The van der Waals surface area contributed by atoms with E-state index in [0.29, 0.717) is 12.3 Å². The average Bonchev–Trinajstić information content (AvgIpc) is 2.78. The molecule has 2 rings (SSSR count). The molecular formula is C14H21N3O6S. The number of carbonyl (C=O) groups is 2. The maximum atomic E-state index is 12.3. The predicted octanol–water partition coefficient (Wildman–Crippen LogP) is -1.80. The van der Waals surface area contributed by atoms with Crippen molar-refractivity contribution in [2.45, 2.75) is 19.1 Å². The predicted molar refractivity (Wildman–Crippen MR) is 87.1 cm³/mol. The number of hydrogen-bond acceptors (Lipinski definition) is 7. The van der Waals surface area contributed by atoms with Crippen molar-refractivity contribution >= 4 is 30.0 Å². The van der Waals surface area contributed by atoms with E-state index in [4.69, 9.17) is 5.73 Å². The summed E-state index contributed by atoms with van der Waals surface area (Å²) in [5.41, 5.74) is 3.60. The molecule has 0 bridgehead atoms. The molecule has 1 saturated heterocycles. The van der Waals surface area contributed by atoms with Crippen molar-refractivity contribution in [3.05, 3.63) is 10.6 Å². The summed E-state index contributed by atoms with van der Waals surface area (Å²) in [4.78, 5) is 29.1. The Hall–Kier alpha value is -1.62. The third-order valence-electron chi connectivity index (χ3n) is 4.47. The number of aliphatic hydroxyl groups is 3. The van der Waals surface area contributed by atoms with Gasteiger partial charge in [-0.05, 0) is 6.92 Å². The van der Waals surface area contributed by atoms with Gasteiger partial charge in [-0.2, -0.15) is 0 Å². The lowest BCUT2D eigenvalue weighted by Crippen LogP contribution is -2.68. The van der Waals surface area contributed by atoms with Crippen LogP contribution in [0.4, 0.5) is 0 Å². The lowest BCUT2D eigenvalue weighted by molar-refractivity contribution is -0.170. The normalized spacial score (nSPS) is 26.7. The van der Waals surface area contributed by atoms with E-state index < -0.39 is 48.6 Å². The highest BCUT2D eigenvalue weighted by atomic mass is 32.2. The number of hydrogen-bond donors (Lipinski definition) is 5. The molecule has 0 saturated carbocycles. The van der Waals surface area contributed by atoms with Gasteiger partial charge in [0.1, 0.15) is 5.70 Å². The zero-order chi connectivity index (χ0) is 18.1. The molecule has 3 atom stereocenters. The number of β-lactam (4-membered cyclic amide) rings is 1. The Labute approximate surface area is 142 Å². The smallest absolute Gasteiger partial charge is 0.353 e. The summed E-state index contributed by atoms with van der Waals surface area (Å²) < 4.78 is 0. The molecule has 10 heteroatoms. The summed E-state index contributed by atoms with van der Waals surface area (Å²) in [6, 6.07) is -0.786. The van der Waals surface area contributed by atoms with Crippen LogP contribution in [0.5, 0.6) is 0 Å². The van der Waals surface area contributed by atoms with E-state index in [1.807, 2.05) is 0 Å². The number of carboxylic acids is 1. The first-order chi connectivity index (χ1) is 11.4. The van der Waals surface area contributed by atoms with Crippen LogP contribution >= 0.6 is 11.8 Å². The van der Waals surface area contributed by atoms with Gasteiger partial charge in [0.05, 0.1) is 49.6 Å². The van der Waals surface area contributed by atoms with Crippen molar-refractivity contribution in [1.82, 2.24) is 4.90 Å². The fraction of sp³-hybridized carbons (Fsp3) is 0.643. The maximum absolute atomic E-state index is 12.3. The van der Waals surface area contributed by atoms with Crippen LogP contribution in [0.1, 0.15) is 6.92 Å². The van der Waals surface area contributed by atoms with Crippen LogP contribution in [-0.2, 0) is 9.59 Å². The van der Waals surface area contributed by atoms with Crippen molar-refractivity contribution < 1.29 is 30.0 Å². The summed E-state index contributed by atoms with van der Waals surface area (Å²) in [6.07, 6.45) is 0.116. The average molecular weight is 359 g/mol. The van der Waals surface area contributed by atoms with Gasteiger partial charge in [0.15, 0.2) is 0 Å². The lowest BCUT2D eigenvalue weighted by Gasteiger charge is -2.50. The lowest BCUT2D eigenvalue weighted by atomic mass is 9.70. The number of nitrogens with two attached hydrogens (primary N) is 1. The molecule has 6 N–H and O–H groups in total. The SMILES string of the molecule is CC(O)C1C(=O)N2C(C(=O)O)=C(SCCN=CN)C(CO)(CO)C12. The number of aliphatic hydroxyl groups excluding tert-OH is 3. The van der Waals surface area contributed by atoms with Gasteiger partial charge in [0.2, 0.25) is 5.91 Å². The molecule has 2 aliphatic rings. The Morgan fingerprint density at radius 2 is 2.12 bits per heavy atom. The molecule has 0 spiro atoms. The molecule has 0 aromatic rings. The number of carbonyl (C=O) groups excluding carboxylic acids is 1. The number of aliphatic imine (C=N–C) groups is 1. The van der Waals surface area contributed by atoms with Crippen LogP contribution in [0, 0.1) is 11.3 Å². The van der Waals surface area contributed by atoms with E-state index in [1.165, 1.54) is 6.92 Å². The highest BCUT2D eigenvalue weighted by Gasteiger charge is 2.67. The van der Waals surface area contributed by atoms with Gasteiger partial charge < -0.3 is 26.2 Å². The highest BCUT2D eigenvalue weighted by molar-refractivity contribution is 8.03. The summed E-state index contributed by atoms with van der Waals surface area (Å²) in [5.74, 6) is -2.32. The van der Waals surface area contributed by atoms with Gasteiger partial charge in [0, 0.05) is 10.7 Å². The van der Waals surface area contributed by atoms with Crippen LogP contribution in [0.2, 0.25) is 0 Å². The van der Waals surface area contributed by atoms with E-state index in [2.05, 4.69) is 4.99 Å². The maximum Gasteiger partial charge on any atom is 0.353 e. The fourth-order valence-corrected chi connectivity index (χ4v) is 4.63. The Morgan fingerprint density at radius 3 is 2.58 bits per heavy atom. The molecule has 1 fully saturated rings. The minimum Gasteiger partial charge on any atom is -0.477 e. The largest absolute Gasteiger partial charge is 0.477 e. The molecule has 0 radical (unpaired) electrons. The molecule has 3 unspecified atom stereocenters. The van der Waals surface area contributed by atoms with Crippen molar-refractivity contribution in [2.75, 3.05) is 25.5 Å². The van der Waals surface area contributed by atoms with E-state index in [-0.39, 0.29) is 10.6 Å². The molecule has 2 aliphatic heterocycles. The van der Waals surface area contributed by atoms with Gasteiger partial charge in [-0.3, -0.25) is 14.7 Å². The van der Waals surface area contributed by atoms with Crippen LogP contribution < -0.4 is 5.73 Å². The summed E-state index contributed by atoms with van der Waals surface area (Å²) in [6.45, 7) is 0.671. The van der Waals surface area contributed by atoms with Gasteiger partial charge in [-0.25, -0.2) is 4.79 Å². The Kier molecular flexibility index (Phi) is 5.53. The number of thioether (sulfide) groups is 1. The van der Waals surface area contributed by atoms with E-state index in [0.717, 1.165) is 23.0 Å². The monoisotopic (exact) mass is 359 g/mol. The van der Waals surface area contributed by atoms with Crippen molar-refractivity contribution in [1.29, 1.82) is 0 Å². The number of amides is 1. The van der Waals surface area contributed by atoms with E-state index in [1.54, 1.807) is 0 Å². The molecule has 0 aromatic carbocycles. The first-order valence-electron chi connectivity index (χ1n) is 7.41. The van der Waals surface area contributed by atoms with Crippen molar-refractivity contribution in [2.24, 2.45) is 22.1 Å². The molecule has 24 heavy (non-hydrogen) atoms. The standard InChI is InChI=1S/C14H21N3O6S/c1-7(20)8-10-14(4-18,5-19)11(24-3-2-16-6-15)9(13(22)23)17(10)12(8)21/h6-8,10,18-20H,2-5H2,1H3,(H2,15,16)(H,22,23). The second kappa shape index (κ2) is 7.09. The van der Waals surface area contributed by atoms with Gasteiger partial charge >= 0.3 is 5.97 Å². The van der Waals surface area contributed by atoms with Gasteiger partial charge in [-0.15, -0.1) is 11.8 Å². The zero-order valence-corrected chi connectivity index (χ0v) is 13.9. The molecule has 0 aliphatic carbocycles. The Morgan fingerprint density at radius 1 is 1.50 bits per heavy atom. The first kappa shape index (κ1) is 18.7. The minimum atomic E-state index is -1.32. The first-order valence-corrected chi connectivity index (χ1v) is 8.39. The molecule has 9 nitrogen and oxygen atoms in total. The van der Waals surface area contributed by atoms with Gasteiger partial charge in [0.25, 0.3) is 0 Å². The number of rotatable bonds is 8.